The maximum absolute atomic E-state index is 11.3. The van der Waals surface area contributed by atoms with Gasteiger partial charge in [0, 0.05) is 24.8 Å². The average Bonchev–Trinajstić information content (AvgIpc) is 2.82. The molecule has 2 aromatic heterocycles. The molecule has 6 heteroatoms. The summed E-state index contributed by atoms with van der Waals surface area (Å²) in [6, 6.07) is 1.52. The van der Waals surface area contributed by atoms with Crippen LogP contribution in [0, 0.1) is 6.92 Å². The molecule has 1 N–H and O–H groups in total. The maximum atomic E-state index is 11.3. The Morgan fingerprint density at radius 2 is 2.12 bits per heavy atom. The lowest BCUT2D eigenvalue weighted by molar-refractivity contribution is 0.849. The van der Waals surface area contributed by atoms with Gasteiger partial charge in [-0.15, -0.1) is 5.10 Å². The highest BCUT2D eigenvalue weighted by Crippen LogP contribution is 2.16. The van der Waals surface area contributed by atoms with Crippen LogP contribution < -0.4 is 10.5 Å². The third-order valence-electron chi connectivity index (χ3n) is 2.89. The molecule has 2 aromatic rings. The minimum absolute atomic E-state index is 0.134. The van der Waals surface area contributed by atoms with Gasteiger partial charge >= 0.3 is 0 Å². The second kappa shape index (κ2) is 3.33. The zero-order chi connectivity index (χ0) is 11.1. The molecule has 0 atom stereocenters. The third kappa shape index (κ3) is 1.37. The number of nitrogens with zero attached hydrogens (tertiary/aromatic N) is 4. The summed E-state index contributed by atoms with van der Waals surface area (Å²) in [4.78, 5) is 20.4. The van der Waals surface area contributed by atoms with Crippen LogP contribution in [0.4, 0.5) is 5.95 Å². The van der Waals surface area contributed by atoms with Crippen LogP contribution in [0.15, 0.2) is 10.9 Å². The molecule has 0 amide bonds. The summed E-state index contributed by atoms with van der Waals surface area (Å²) in [5.41, 5.74) is 0.669. The molecule has 0 saturated carbocycles. The Hall–Kier alpha value is -1.85. The van der Waals surface area contributed by atoms with E-state index in [0.717, 1.165) is 18.8 Å². The van der Waals surface area contributed by atoms with Crippen LogP contribution in [0.3, 0.4) is 0 Å². The number of fused-ring (bicyclic) bond motifs is 1. The predicted octanol–water partition coefficient (Wildman–Crippen LogP) is 0.326. The fraction of sp³-hybridized carbons (Fsp3) is 0.500. The number of aryl methyl sites for hydroxylation is 1. The molecule has 1 fully saturated rings. The molecule has 0 aromatic carbocycles. The zero-order valence-corrected chi connectivity index (χ0v) is 9.10. The van der Waals surface area contributed by atoms with Crippen molar-refractivity contribution in [1.82, 2.24) is 19.6 Å². The highest BCUT2D eigenvalue weighted by atomic mass is 16.1. The normalized spacial score (nSPS) is 16.2. The number of anilines is 1. The van der Waals surface area contributed by atoms with E-state index in [0.29, 0.717) is 11.7 Å². The number of aromatic amines is 1. The molecule has 3 rings (SSSR count). The number of hydrogen-bond acceptors (Lipinski definition) is 4. The van der Waals surface area contributed by atoms with Crippen molar-refractivity contribution in [1.29, 1.82) is 0 Å². The molecule has 1 aliphatic heterocycles. The minimum Gasteiger partial charge on any atom is -0.339 e. The Morgan fingerprint density at radius 3 is 2.88 bits per heavy atom. The number of H-pyrrole nitrogens is 1. The second-order valence-electron chi connectivity index (χ2n) is 4.12. The number of rotatable bonds is 1. The first-order valence-electron chi connectivity index (χ1n) is 5.46. The van der Waals surface area contributed by atoms with Crippen molar-refractivity contribution in [2.45, 2.75) is 19.8 Å². The SMILES string of the molecule is Cc1cc(=O)[nH]c2nc(N3CCCC3)nn12. The fourth-order valence-electron chi connectivity index (χ4n) is 2.08. The lowest BCUT2D eigenvalue weighted by atomic mass is 10.4. The fourth-order valence-corrected chi connectivity index (χ4v) is 2.08. The summed E-state index contributed by atoms with van der Waals surface area (Å²) in [5, 5.41) is 4.40. The minimum atomic E-state index is -0.134. The number of hydrogen-bond donors (Lipinski definition) is 1. The highest BCUT2D eigenvalue weighted by molar-refractivity contribution is 5.40. The molecule has 16 heavy (non-hydrogen) atoms. The van der Waals surface area contributed by atoms with Crippen LogP contribution in [-0.2, 0) is 0 Å². The molecule has 0 radical (unpaired) electrons. The summed E-state index contributed by atoms with van der Waals surface area (Å²) in [6.07, 6.45) is 2.37. The molecule has 1 saturated heterocycles. The van der Waals surface area contributed by atoms with E-state index < -0.39 is 0 Å². The van der Waals surface area contributed by atoms with Crippen molar-refractivity contribution >= 4 is 11.7 Å². The van der Waals surface area contributed by atoms with Crippen molar-refractivity contribution in [3.8, 4) is 0 Å². The Bertz CT molecular complexity index is 578. The van der Waals surface area contributed by atoms with Crippen LogP contribution in [-0.4, -0.2) is 32.7 Å². The highest BCUT2D eigenvalue weighted by Gasteiger charge is 2.17. The third-order valence-corrected chi connectivity index (χ3v) is 2.89. The van der Waals surface area contributed by atoms with Crippen molar-refractivity contribution < 1.29 is 0 Å². The van der Waals surface area contributed by atoms with Crippen LogP contribution in [0.2, 0.25) is 0 Å². The molecule has 3 heterocycles. The monoisotopic (exact) mass is 219 g/mol. The van der Waals surface area contributed by atoms with Gasteiger partial charge in [-0.3, -0.25) is 9.78 Å². The zero-order valence-electron chi connectivity index (χ0n) is 9.10. The largest absolute Gasteiger partial charge is 0.339 e. The summed E-state index contributed by atoms with van der Waals surface area (Å²) in [7, 11) is 0. The Balaban J connectivity index is 2.15. The van der Waals surface area contributed by atoms with E-state index in [1.807, 2.05) is 6.92 Å². The van der Waals surface area contributed by atoms with E-state index in [-0.39, 0.29) is 5.56 Å². The molecule has 0 spiro atoms. The van der Waals surface area contributed by atoms with Gasteiger partial charge in [-0.2, -0.15) is 4.98 Å². The van der Waals surface area contributed by atoms with Crippen LogP contribution in [0.1, 0.15) is 18.5 Å². The van der Waals surface area contributed by atoms with Crippen LogP contribution >= 0.6 is 0 Å². The van der Waals surface area contributed by atoms with Crippen molar-refractivity contribution in [3.63, 3.8) is 0 Å². The van der Waals surface area contributed by atoms with E-state index >= 15 is 0 Å². The van der Waals surface area contributed by atoms with Gasteiger partial charge in [0.05, 0.1) is 0 Å². The molecule has 84 valence electrons. The van der Waals surface area contributed by atoms with E-state index in [1.54, 1.807) is 4.52 Å². The Kier molecular flexibility index (Phi) is 1.95. The number of nitrogens with one attached hydrogen (secondary N) is 1. The average molecular weight is 219 g/mol. The summed E-state index contributed by atoms with van der Waals surface area (Å²) in [5.74, 6) is 1.23. The van der Waals surface area contributed by atoms with E-state index in [1.165, 1.54) is 18.9 Å². The Morgan fingerprint density at radius 1 is 1.38 bits per heavy atom. The van der Waals surface area contributed by atoms with Gasteiger partial charge in [-0.1, -0.05) is 0 Å². The summed E-state index contributed by atoms with van der Waals surface area (Å²) in [6.45, 7) is 3.85. The summed E-state index contributed by atoms with van der Waals surface area (Å²) < 4.78 is 1.68. The molecule has 0 aliphatic carbocycles. The van der Waals surface area contributed by atoms with Gasteiger partial charge in [0.25, 0.3) is 5.56 Å². The Labute approximate surface area is 91.9 Å². The van der Waals surface area contributed by atoms with E-state index in [9.17, 15) is 4.79 Å². The van der Waals surface area contributed by atoms with Gasteiger partial charge < -0.3 is 4.90 Å². The summed E-state index contributed by atoms with van der Waals surface area (Å²) >= 11 is 0. The lowest BCUT2D eigenvalue weighted by Crippen LogP contribution is -2.19. The molecular formula is C10H13N5O. The predicted molar refractivity (Wildman–Crippen MR) is 59.8 cm³/mol. The second-order valence-corrected chi connectivity index (χ2v) is 4.12. The molecule has 0 unspecified atom stereocenters. The first kappa shape index (κ1) is 9.38. The number of aromatic nitrogens is 4. The van der Waals surface area contributed by atoms with Crippen molar-refractivity contribution in [3.05, 3.63) is 22.1 Å². The van der Waals surface area contributed by atoms with Crippen molar-refractivity contribution in [2.24, 2.45) is 0 Å². The van der Waals surface area contributed by atoms with E-state index in [4.69, 9.17) is 0 Å². The lowest BCUT2D eigenvalue weighted by Gasteiger charge is -2.10. The van der Waals surface area contributed by atoms with Crippen LogP contribution in [0.25, 0.3) is 5.78 Å². The van der Waals surface area contributed by atoms with E-state index in [2.05, 4.69) is 20.0 Å². The first-order valence-corrected chi connectivity index (χ1v) is 5.46. The topological polar surface area (TPSA) is 66.3 Å². The van der Waals surface area contributed by atoms with Gasteiger partial charge in [0.2, 0.25) is 11.7 Å². The molecular weight excluding hydrogens is 206 g/mol. The van der Waals surface area contributed by atoms with Crippen molar-refractivity contribution in [2.75, 3.05) is 18.0 Å². The smallest absolute Gasteiger partial charge is 0.252 e. The quantitative estimate of drug-likeness (QED) is 0.750. The molecule has 0 bridgehead atoms. The van der Waals surface area contributed by atoms with Gasteiger partial charge in [-0.25, -0.2) is 4.52 Å². The van der Waals surface area contributed by atoms with Gasteiger partial charge in [0.1, 0.15) is 0 Å². The molecule has 6 nitrogen and oxygen atoms in total. The molecule has 1 aliphatic rings. The maximum Gasteiger partial charge on any atom is 0.252 e. The first-order chi connectivity index (χ1) is 7.74. The van der Waals surface area contributed by atoms with Gasteiger partial charge in [-0.05, 0) is 19.8 Å². The van der Waals surface area contributed by atoms with Crippen LogP contribution in [0.5, 0.6) is 0 Å². The van der Waals surface area contributed by atoms with Gasteiger partial charge in [0.15, 0.2) is 0 Å². The standard InChI is InChI=1S/C10H13N5O/c1-7-6-8(16)11-9-12-10(13-15(7)9)14-4-2-3-5-14/h6H,2-5H2,1H3,(H,11,12,13,16).